The summed E-state index contributed by atoms with van der Waals surface area (Å²) in [6, 6.07) is 5.76. The van der Waals surface area contributed by atoms with E-state index in [9.17, 15) is 4.79 Å². The summed E-state index contributed by atoms with van der Waals surface area (Å²) in [5.74, 6) is 1.36. The van der Waals surface area contributed by atoms with Crippen molar-refractivity contribution >= 4 is 5.78 Å². The largest absolute Gasteiger partial charge is 0.496 e. The van der Waals surface area contributed by atoms with Crippen molar-refractivity contribution in [2.45, 2.75) is 19.8 Å². The predicted molar refractivity (Wildman–Crippen MR) is 67.7 cm³/mol. The van der Waals surface area contributed by atoms with Gasteiger partial charge in [-0.25, -0.2) is 0 Å². The molecule has 3 nitrogen and oxygen atoms in total. The smallest absolute Gasteiger partial charge is 0.166 e. The Morgan fingerprint density at radius 1 is 1.53 bits per heavy atom. The lowest BCUT2D eigenvalue weighted by Crippen LogP contribution is -2.13. The first-order valence-corrected chi connectivity index (χ1v) is 6.09. The number of Topliss-reactive ketones (excluding diaryl/α,β-unsaturated/α-hetero) is 1. The van der Waals surface area contributed by atoms with Crippen LogP contribution in [0.4, 0.5) is 0 Å². The highest BCUT2D eigenvalue weighted by molar-refractivity contribution is 5.99. The lowest BCUT2D eigenvalue weighted by atomic mass is 9.96. The monoisotopic (exact) mass is 233 g/mol. The van der Waals surface area contributed by atoms with E-state index in [1.54, 1.807) is 7.11 Å². The van der Waals surface area contributed by atoms with Crippen LogP contribution < -0.4 is 10.1 Å². The van der Waals surface area contributed by atoms with Crippen LogP contribution in [0, 0.1) is 12.8 Å². The first kappa shape index (κ1) is 12.1. The molecule has 0 saturated carbocycles. The van der Waals surface area contributed by atoms with E-state index in [4.69, 9.17) is 4.74 Å². The van der Waals surface area contributed by atoms with Crippen molar-refractivity contribution in [1.29, 1.82) is 0 Å². The van der Waals surface area contributed by atoms with Gasteiger partial charge in [0, 0.05) is 6.42 Å². The molecule has 1 aromatic rings. The molecule has 1 aliphatic rings. The Labute approximate surface area is 102 Å². The summed E-state index contributed by atoms with van der Waals surface area (Å²) in [6.45, 7) is 3.98. The van der Waals surface area contributed by atoms with E-state index < -0.39 is 0 Å². The van der Waals surface area contributed by atoms with Gasteiger partial charge in [0.1, 0.15) is 5.75 Å². The van der Waals surface area contributed by atoms with Gasteiger partial charge in [0.25, 0.3) is 0 Å². The van der Waals surface area contributed by atoms with Crippen LogP contribution in [0.5, 0.6) is 5.75 Å². The highest BCUT2D eigenvalue weighted by Crippen LogP contribution is 2.24. The van der Waals surface area contributed by atoms with Crippen LogP contribution in [0.2, 0.25) is 0 Å². The summed E-state index contributed by atoms with van der Waals surface area (Å²) >= 11 is 0. The highest BCUT2D eigenvalue weighted by Gasteiger charge is 2.20. The van der Waals surface area contributed by atoms with Gasteiger partial charge >= 0.3 is 0 Å². The standard InChI is InChI=1S/C14H19NO2/c1-10-3-4-14(17-2)12(7-10)13(16)8-11-5-6-15-9-11/h3-4,7,11,15H,5-6,8-9H2,1-2H3. The maximum Gasteiger partial charge on any atom is 0.166 e. The van der Waals surface area contributed by atoms with Gasteiger partial charge in [-0.2, -0.15) is 0 Å². The number of aryl methyl sites for hydroxylation is 1. The van der Waals surface area contributed by atoms with Crippen LogP contribution in [0.3, 0.4) is 0 Å². The van der Waals surface area contributed by atoms with Crippen LogP contribution in [0.1, 0.15) is 28.8 Å². The third kappa shape index (κ3) is 2.86. The molecule has 1 heterocycles. The number of ether oxygens (including phenoxy) is 1. The van der Waals surface area contributed by atoms with Crippen LogP contribution in [-0.4, -0.2) is 26.0 Å². The van der Waals surface area contributed by atoms with Gasteiger partial charge in [-0.3, -0.25) is 4.79 Å². The Bertz CT molecular complexity index is 409. The molecular weight excluding hydrogens is 214 g/mol. The first-order valence-electron chi connectivity index (χ1n) is 6.09. The van der Waals surface area contributed by atoms with Gasteiger partial charge in [0.05, 0.1) is 12.7 Å². The molecule has 0 bridgehead atoms. The number of methoxy groups -OCH3 is 1. The molecule has 0 spiro atoms. The van der Waals surface area contributed by atoms with Crippen molar-refractivity contribution < 1.29 is 9.53 Å². The Balaban J connectivity index is 2.14. The highest BCUT2D eigenvalue weighted by atomic mass is 16.5. The summed E-state index contributed by atoms with van der Waals surface area (Å²) in [5.41, 5.74) is 1.82. The molecular formula is C14H19NO2. The van der Waals surface area contributed by atoms with Gasteiger partial charge in [-0.1, -0.05) is 11.6 Å². The molecule has 2 rings (SSSR count). The summed E-state index contributed by atoms with van der Waals surface area (Å²) in [4.78, 5) is 12.2. The number of carbonyl (C=O) groups excluding carboxylic acids is 1. The van der Waals surface area contributed by atoms with Crippen LogP contribution in [0.25, 0.3) is 0 Å². The minimum absolute atomic E-state index is 0.194. The van der Waals surface area contributed by atoms with Crippen molar-refractivity contribution in [3.05, 3.63) is 29.3 Å². The Morgan fingerprint density at radius 3 is 3.00 bits per heavy atom. The third-order valence-corrected chi connectivity index (χ3v) is 3.29. The molecule has 1 saturated heterocycles. The fourth-order valence-electron chi connectivity index (χ4n) is 2.30. The predicted octanol–water partition coefficient (Wildman–Crippen LogP) is 2.19. The molecule has 0 amide bonds. The van der Waals surface area contributed by atoms with E-state index in [1.807, 2.05) is 25.1 Å². The molecule has 1 atom stereocenters. The van der Waals surface area contributed by atoms with Gasteiger partial charge in [-0.05, 0) is 44.5 Å². The lowest BCUT2D eigenvalue weighted by molar-refractivity contribution is 0.0961. The molecule has 1 aliphatic heterocycles. The van der Waals surface area contributed by atoms with Crippen LogP contribution in [0.15, 0.2) is 18.2 Å². The SMILES string of the molecule is COc1ccc(C)cc1C(=O)CC1CCNC1. The van der Waals surface area contributed by atoms with Gasteiger partial charge < -0.3 is 10.1 Å². The number of rotatable bonds is 4. The zero-order valence-electron chi connectivity index (χ0n) is 10.5. The third-order valence-electron chi connectivity index (χ3n) is 3.29. The Morgan fingerprint density at radius 2 is 2.35 bits per heavy atom. The van der Waals surface area contributed by atoms with Gasteiger partial charge in [0.2, 0.25) is 0 Å². The summed E-state index contributed by atoms with van der Waals surface area (Å²) in [5, 5.41) is 3.29. The van der Waals surface area contributed by atoms with Crippen molar-refractivity contribution in [2.75, 3.05) is 20.2 Å². The maximum atomic E-state index is 12.2. The second-order valence-corrected chi connectivity index (χ2v) is 4.69. The molecule has 0 aliphatic carbocycles. The topological polar surface area (TPSA) is 38.3 Å². The minimum atomic E-state index is 0.194. The molecule has 1 fully saturated rings. The quantitative estimate of drug-likeness (QED) is 0.810. The molecule has 1 aromatic carbocycles. The van der Waals surface area contributed by atoms with E-state index in [0.29, 0.717) is 18.1 Å². The molecule has 1 N–H and O–H groups in total. The summed E-state index contributed by atoms with van der Waals surface area (Å²) in [7, 11) is 1.61. The normalized spacial score (nSPS) is 19.3. The minimum Gasteiger partial charge on any atom is -0.496 e. The number of carbonyl (C=O) groups is 1. The number of hydrogen-bond acceptors (Lipinski definition) is 3. The van der Waals surface area contributed by atoms with E-state index in [-0.39, 0.29) is 5.78 Å². The molecule has 0 radical (unpaired) electrons. The zero-order valence-corrected chi connectivity index (χ0v) is 10.5. The Hall–Kier alpha value is -1.35. The summed E-state index contributed by atoms with van der Waals surface area (Å²) in [6.07, 6.45) is 1.71. The van der Waals surface area contributed by atoms with E-state index >= 15 is 0 Å². The van der Waals surface area contributed by atoms with Crippen molar-refractivity contribution in [3.8, 4) is 5.75 Å². The molecule has 3 heteroatoms. The van der Waals surface area contributed by atoms with Crippen molar-refractivity contribution in [2.24, 2.45) is 5.92 Å². The second-order valence-electron chi connectivity index (χ2n) is 4.69. The van der Waals surface area contributed by atoms with Crippen LogP contribution >= 0.6 is 0 Å². The van der Waals surface area contributed by atoms with Crippen molar-refractivity contribution in [3.63, 3.8) is 0 Å². The second kappa shape index (κ2) is 5.32. The van der Waals surface area contributed by atoms with Crippen molar-refractivity contribution in [1.82, 2.24) is 5.32 Å². The lowest BCUT2D eigenvalue weighted by Gasteiger charge is -2.11. The number of benzene rings is 1. The average Bonchev–Trinajstić information content (AvgIpc) is 2.81. The van der Waals surface area contributed by atoms with E-state index in [1.165, 1.54) is 0 Å². The molecule has 1 unspecified atom stereocenters. The summed E-state index contributed by atoms with van der Waals surface area (Å²) < 4.78 is 5.25. The van der Waals surface area contributed by atoms with Gasteiger partial charge in [-0.15, -0.1) is 0 Å². The molecule has 17 heavy (non-hydrogen) atoms. The van der Waals surface area contributed by atoms with Gasteiger partial charge in [0.15, 0.2) is 5.78 Å². The molecule has 0 aromatic heterocycles. The number of hydrogen-bond donors (Lipinski definition) is 1. The fourth-order valence-corrected chi connectivity index (χ4v) is 2.30. The zero-order chi connectivity index (χ0) is 12.3. The fraction of sp³-hybridized carbons (Fsp3) is 0.500. The first-order chi connectivity index (χ1) is 8.20. The molecule has 92 valence electrons. The van der Waals surface area contributed by atoms with E-state index in [2.05, 4.69) is 5.32 Å². The number of nitrogens with one attached hydrogen (secondary N) is 1. The Kier molecular flexibility index (Phi) is 3.79. The average molecular weight is 233 g/mol. The van der Waals surface area contributed by atoms with E-state index in [0.717, 1.165) is 30.6 Å². The maximum absolute atomic E-state index is 12.2. The van der Waals surface area contributed by atoms with Crippen LogP contribution in [-0.2, 0) is 0 Å². The number of ketones is 1.